The third kappa shape index (κ3) is 3.43. The average Bonchev–Trinajstić information content (AvgIpc) is 3.09. The van der Waals surface area contributed by atoms with Crippen molar-refractivity contribution in [3.63, 3.8) is 0 Å². The third-order valence-corrected chi connectivity index (χ3v) is 5.42. The SMILES string of the molecule is CN1CCC(c2[nH]c(-c3ccc(F)cc3)c(-c3ccncc3)c2C=O)CC1. The molecule has 0 radical (unpaired) electrons. The Hall–Kier alpha value is -2.79. The first kappa shape index (κ1) is 17.6. The maximum Gasteiger partial charge on any atom is 0.152 e. The molecule has 0 atom stereocenters. The van der Waals surface area contributed by atoms with E-state index in [4.69, 9.17) is 0 Å². The van der Waals surface area contributed by atoms with Gasteiger partial charge in [0.2, 0.25) is 0 Å². The number of nitrogens with one attached hydrogen (secondary N) is 1. The van der Waals surface area contributed by atoms with Gasteiger partial charge in [0.05, 0.1) is 5.69 Å². The van der Waals surface area contributed by atoms with Gasteiger partial charge < -0.3 is 9.88 Å². The number of benzene rings is 1. The minimum Gasteiger partial charge on any atom is -0.357 e. The molecular weight excluding hydrogens is 341 g/mol. The van der Waals surface area contributed by atoms with Crippen LogP contribution in [0.1, 0.15) is 34.8 Å². The molecule has 4 nitrogen and oxygen atoms in total. The summed E-state index contributed by atoms with van der Waals surface area (Å²) >= 11 is 0. The van der Waals surface area contributed by atoms with Crippen LogP contribution >= 0.6 is 0 Å². The van der Waals surface area contributed by atoms with Crippen LogP contribution in [-0.2, 0) is 0 Å². The minimum absolute atomic E-state index is 0.276. The maximum absolute atomic E-state index is 13.4. The molecule has 138 valence electrons. The van der Waals surface area contributed by atoms with Crippen LogP contribution in [0, 0.1) is 5.82 Å². The summed E-state index contributed by atoms with van der Waals surface area (Å²) in [5, 5.41) is 0. The lowest BCUT2D eigenvalue weighted by atomic mass is 9.89. The van der Waals surface area contributed by atoms with Crippen molar-refractivity contribution in [2.75, 3.05) is 20.1 Å². The van der Waals surface area contributed by atoms with E-state index in [0.29, 0.717) is 11.5 Å². The quantitative estimate of drug-likeness (QED) is 0.694. The normalized spacial score (nSPS) is 15.8. The van der Waals surface area contributed by atoms with Gasteiger partial charge in [-0.15, -0.1) is 0 Å². The van der Waals surface area contributed by atoms with Crippen LogP contribution < -0.4 is 0 Å². The first-order valence-electron chi connectivity index (χ1n) is 9.23. The number of aldehydes is 1. The number of piperidine rings is 1. The van der Waals surface area contributed by atoms with E-state index in [2.05, 4.69) is 21.9 Å². The zero-order valence-corrected chi connectivity index (χ0v) is 15.3. The number of hydrogen-bond acceptors (Lipinski definition) is 3. The Morgan fingerprint density at radius 1 is 1.07 bits per heavy atom. The van der Waals surface area contributed by atoms with Crippen LogP contribution in [0.15, 0.2) is 48.8 Å². The summed E-state index contributed by atoms with van der Waals surface area (Å²) < 4.78 is 13.4. The lowest BCUT2D eigenvalue weighted by molar-refractivity contribution is 0.112. The van der Waals surface area contributed by atoms with Gasteiger partial charge in [-0.2, -0.15) is 0 Å². The first-order chi connectivity index (χ1) is 13.2. The van der Waals surface area contributed by atoms with E-state index in [9.17, 15) is 9.18 Å². The molecule has 0 unspecified atom stereocenters. The molecule has 0 saturated carbocycles. The van der Waals surface area contributed by atoms with Gasteiger partial charge in [0, 0.05) is 35.1 Å². The fourth-order valence-electron chi connectivity index (χ4n) is 3.93. The number of likely N-dealkylation sites (tertiary alicyclic amines) is 1. The highest BCUT2D eigenvalue weighted by atomic mass is 19.1. The molecule has 1 fully saturated rings. The fourth-order valence-corrected chi connectivity index (χ4v) is 3.93. The summed E-state index contributed by atoms with van der Waals surface area (Å²) in [5.41, 5.74) is 5.22. The molecule has 3 aromatic rings. The molecule has 1 saturated heterocycles. The van der Waals surface area contributed by atoms with E-state index in [1.165, 1.54) is 12.1 Å². The maximum atomic E-state index is 13.4. The Morgan fingerprint density at radius 3 is 2.37 bits per heavy atom. The molecule has 3 heterocycles. The molecule has 1 aliphatic heterocycles. The Morgan fingerprint density at radius 2 is 1.74 bits per heavy atom. The number of aromatic nitrogens is 2. The molecule has 5 heteroatoms. The Balaban J connectivity index is 1.88. The number of carbonyl (C=O) groups excluding carboxylic acids is 1. The van der Waals surface area contributed by atoms with Gasteiger partial charge in [0.15, 0.2) is 6.29 Å². The number of carbonyl (C=O) groups is 1. The van der Waals surface area contributed by atoms with E-state index >= 15 is 0 Å². The zero-order chi connectivity index (χ0) is 18.8. The van der Waals surface area contributed by atoms with E-state index in [-0.39, 0.29) is 5.82 Å². The van der Waals surface area contributed by atoms with Gasteiger partial charge in [0.25, 0.3) is 0 Å². The summed E-state index contributed by atoms with van der Waals surface area (Å²) in [6, 6.07) is 10.2. The van der Waals surface area contributed by atoms with Crippen molar-refractivity contribution < 1.29 is 9.18 Å². The van der Waals surface area contributed by atoms with Crippen molar-refractivity contribution in [2.24, 2.45) is 0 Å². The molecule has 0 amide bonds. The second kappa shape index (κ2) is 7.45. The van der Waals surface area contributed by atoms with Crippen molar-refractivity contribution in [3.05, 3.63) is 65.9 Å². The number of rotatable bonds is 4. The number of pyridine rings is 1. The molecule has 1 aromatic carbocycles. The Bertz CT molecular complexity index is 926. The first-order valence-corrected chi connectivity index (χ1v) is 9.23. The van der Waals surface area contributed by atoms with Crippen molar-refractivity contribution >= 4 is 6.29 Å². The molecule has 0 spiro atoms. The lowest BCUT2D eigenvalue weighted by Crippen LogP contribution is -2.29. The molecular formula is C22H22FN3O. The molecule has 1 N–H and O–H groups in total. The monoisotopic (exact) mass is 363 g/mol. The average molecular weight is 363 g/mol. The highest BCUT2D eigenvalue weighted by Gasteiger charge is 2.27. The second-order valence-electron chi connectivity index (χ2n) is 7.14. The lowest BCUT2D eigenvalue weighted by Gasteiger charge is -2.28. The van der Waals surface area contributed by atoms with Crippen LogP contribution in [0.5, 0.6) is 0 Å². The van der Waals surface area contributed by atoms with E-state index in [1.807, 2.05) is 12.1 Å². The smallest absolute Gasteiger partial charge is 0.152 e. The predicted octanol–water partition coefficient (Wildman–Crippen LogP) is 4.50. The van der Waals surface area contributed by atoms with Crippen LogP contribution in [0.25, 0.3) is 22.4 Å². The standard InChI is InChI=1S/C22H22FN3O/c1-26-12-8-17(9-13-26)21-19(14-27)20(15-6-10-24-11-7-15)22(25-21)16-2-4-18(23)5-3-16/h2-7,10-11,14,17,25H,8-9,12-13H2,1H3. The van der Waals surface area contributed by atoms with E-state index in [0.717, 1.165) is 60.3 Å². The summed E-state index contributed by atoms with van der Waals surface area (Å²) in [7, 11) is 2.12. The van der Waals surface area contributed by atoms with Gasteiger partial charge in [-0.3, -0.25) is 9.78 Å². The van der Waals surface area contributed by atoms with Gasteiger partial charge in [-0.1, -0.05) is 0 Å². The number of halogens is 1. The van der Waals surface area contributed by atoms with E-state index in [1.54, 1.807) is 24.5 Å². The Kier molecular flexibility index (Phi) is 4.86. The summed E-state index contributed by atoms with van der Waals surface area (Å²) in [6.07, 6.45) is 6.42. The molecule has 1 aliphatic rings. The summed E-state index contributed by atoms with van der Waals surface area (Å²) in [4.78, 5) is 22.1. The van der Waals surface area contributed by atoms with Gasteiger partial charge in [-0.25, -0.2) is 4.39 Å². The second-order valence-corrected chi connectivity index (χ2v) is 7.14. The van der Waals surface area contributed by atoms with Crippen LogP contribution in [0.3, 0.4) is 0 Å². The molecule has 0 aliphatic carbocycles. The summed E-state index contributed by atoms with van der Waals surface area (Å²) in [5.74, 6) is 0.0399. The highest BCUT2D eigenvalue weighted by molar-refractivity contribution is 5.97. The van der Waals surface area contributed by atoms with Gasteiger partial charge in [0.1, 0.15) is 5.82 Å². The molecule has 2 aromatic heterocycles. The number of aromatic amines is 1. The van der Waals surface area contributed by atoms with Crippen LogP contribution in [0.2, 0.25) is 0 Å². The van der Waals surface area contributed by atoms with Crippen molar-refractivity contribution in [1.29, 1.82) is 0 Å². The predicted molar refractivity (Wildman–Crippen MR) is 104 cm³/mol. The van der Waals surface area contributed by atoms with Crippen LogP contribution in [-0.4, -0.2) is 41.3 Å². The largest absolute Gasteiger partial charge is 0.357 e. The number of nitrogens with zero attached hydrogens (tertiary/aromatic N) is 2. The minimum atomic E-state index is -0.276. The Labute approximate surface area is 158 Å². The highest BCUT2D eigenvalue weighted by Crippen LogP contribution is 2.40. The molecule has 4 rings (SSSR count). The molecule has 0 bridgehead atoms. The number of hydrogen-bond donors (Lipinski definition) is 1. The zero-order valence-electron chi connectivity index (χ0n) is 15.3. The van der Waals surface area contributed by atoms with Crippen molar-refractivity contribution in [1.82, 2.24) is 14.9 Å². The van der Waals surface area contributed by atoms with Crippen molar-refractivity contribution in [3.8, 4) is 22.4 Å². The van der Waals surface area contributed by atoms with Crippen LogP contribution in [0.4, 0.5) is 4.39 Å². The fraction of sp³-hybridized carbons (Fsp3) is 0.273. The number of H-pyrrole nitrogens is 1. The third-order valence-electron chi connectivity index (χ3n) is 5.42. The van der Waals surface area contributed by atoms with E-state index < -0.39 is 0 Å². The molecule has 27 heavy (non-hydrogen) atoms. The van der Waals surface area contributed by atoms with Gasteiger partial charge in [-0.05, 0) is 80.5 Å². The topological polar surface area (TPSA) is 49.0 Å². The summed E-state index contributed by atoms with van der Waals surface area (Å²) in [6.45, 7) is 2.02. The van der Waals surface area contributed by atoms with Crippen molar-refractivity contribution in [2.45, 2.75) is 18.8 Å². The van der Waals surface area contributed by atoms with Gasteiger partial charge >= 0.3 is 0 Å².